The second-order valence-electron chi connectivity index (χ2n) is 3.97. The van der Waals surface area contributed by atoms with E-state index in [4.69, 9.17) is 0 Å². The molecule has 1 aromatic carbocycles. The Balaban J connectivity index is 1.94. The summed E-state index contributed by atoms with van der Waals surface area (Å²) < 4.78 is 25.3. The van der Waals surface area contributed by atoms with Gasteiger partial charge in [0.25, 0.3) is 0 Å². The van der Waals surface area contributed by atoms with Gasteiger partial charge in [0, 0.05) is 0 Å². The molecule has 1 aromatic heterocycles. The Hall–Kier alpha value is -0.650. The van der Waals surface area contributed by atoms with Crippen LogP contribution in [-0.2, 0) is 16.3 Å². The van der Waals surface area contributed by atoms with Crippen molar-refractivity contribution in [3.05, 3.63) is 51.8 Å². The van der Waals surface area contributed by atoms with E-state index in [1.807, 2.05) is 30.3 Å². The van der Waals surface area contributed by atoms with Gasteiger partial charge in [-0.05, 0) is 46.5 Å². The summed E-state index contributed by atoms with van der Waals surface area (Å²) in [5.74, 6) is 0.203. The number of halogens is 1. The first-order valence-corrected chi connectivity index (χ1v) is 8.86. The first-order valence-electron chi connectivity index (χ1n) is 5.60. The molecular weight excluding hydrogens is 332 g/mol. The molecule has 0 aliphatic heterocycles. The Bertz CT molecular complexity index is 603. The summed E-state index contributed by atoms with van der Waals surface area (Å²) in [4.78, 5) is 0. The molecule has 0 N–H and O–H groups in total. The van der Waals surface area contributed by atoms with Crippen molar-refractivity contribution in [3.63, 3.8) is 0 Å². The molecule has 0 saturated carbocycles. The molecule has 0 radical (unpaired) electrons. The maximum absolute atomic E-state index is 12.0. The molecule has 96 valence electrons. The van der Waals surface area contributed by atoms with Crippen LogP contribution in [-0.4, -0.2) is 14.2 Å². The molecule has 0 unspecified atom stereocenters. The van der Waals surface area contributed by atoms with E-state index < -0.39 is 9.84 Å². The lowest BCUT2D eigenvalue weighted by molar-refractivity contribution is 0.595. The van der Waals surface area contributed by atoms with E-state index >= 15 is 0 Å². The molecule has 5 heteroatoms. The third-order valence-corrected chi connectivity index (χ3v) is 6.58. The average Bonchev–Trinajstić information content (AvgIpc) is 2.78. The lowest BCUT2D eigenvalue weighted by Gasteiger charge is -2.02. The molecular formula is C13H13BrO2S2. The minimum Gasteiger partial charge on any atom is -0.223 e. The summed E-state index contributed by atoms with van der Waals surface area (Å²) >= 11 is 4.55. The smallest absolute Gasteiger partial charge is 0.187 e. The largest absolute Gasteiger partial charge is 0.223 e. The van der Waals surface area contributed by atoms with Crippen molar-refractivity contribution in [2.45, 2.75) is 17.1 Å². The van der Waals surface area contributed by atoms with E-state index in [1.54, 1.807) is 12.1 Å². The summed E-state index contributed by atoms with van der Waals surface area (Å²) in [5.41, 5.74) is 1.18. The highest BCUT2D eigenvalue weighted by atomic mass is 79.9. The van der Waals surface area contributed by atoms with Crippen molar-refractivity contribution in [1.29, 1.82) is 0 Å². The van der Waals surface area contributed by atoms with Gasteiger partial charge < -0.3 is 0 Å². The molecule has 18 heavy (non-hydrogen) atoms. The highest BCUT2D eigenvalue weighted by molar-refractivity contribution is 9.11. The van der Waals surface area contributed by atoms with Crippen LogP contribution in [0.15, 0.2) is 50.5 Å². The second-order valence-corrected chi connectivity index (χ2v) is 8.77. The number of sulfone groups is 1. The third kappa shape index (κ3) is 3.67. The first-order chi connectivity index (χ1) is 8.58. The zero-order valence-electron chi connectivity index (χ0n) is 9.67. The highest BCUT2D eigenvalue weighted by Crippen LogP contribution is 2.27. The van der Waals surface area contributed by atoms with Gasteiger partial charge in [-0.3, -0.25) is 0 Å². The van der Waals surface area contributed by atoms with Crippen LogP contribution in [0, 0.1) is 0 Å². The van der Waals surface area contributed by atoms with Crippen molar-refractivity contribution < 1.29 is 8.42 Å². The van der Waals surface area contributed by atoms with Crippen molar-refractivity contribution in [3.8, 4) is 0 Å². The van der Waals surface area contributed by atoms with Gasteiger partial charge in [-0.15, -0.1) is 11.3 Å². The molecule has 0 atom stereocenters. The van der Waals surface area contributed by atoms with Gasteiger partial charge in [0.2, 0.25) is 0 Å². The van der Waals surface area contributed by atoms with Crippen LogP contribution >= 0.6 is 27.3 Å². The van der Waals surface area contributed by atoms with Gasteiger partial charge in [0.1, 0.15) is 4.21 Å². The Morgan fingerprint density at radius 3 is 2.39 bits per heavy atom. The van der Waals surface area contributed by atoms with Crippen LogP contribution in [0.5, 0.6) is 0 Å². The summed E-state index contributed by atoms with van der Waals surface area (Å²) in [5, 5.41) is 0. The predicted octanol–water partition coefficient (Wildman–Crippen LogP) is 3.92. The third-order valence-electron chi connectivity index (χ3n) is 2.58. The lowest BCUT2D eigenvalue weighted by atomic mass is 10.1. The van der Waals surface area contributed by atoms with Gasteiger partial charge in [-0.1, -0.05) is 30.3 Å². The van der Waals surface area contributed by atoms with Gasteiger partial charge in [-0.25, -0.2) is 8.42 Å². The molecule has 2 rings (SSSR count). The van der Waals surface area contributed by atoms with Gasteiger partial charge in [0.05, 0.1) is 9.54 Å². The normalized spacial score (nSPS) is 11.6. The van der Waals surface area contributed by atoms with Crippen LogP contribution in [0.3, 0.4) is 0 Å². The topological polar surface area (TPSA) is 34.1 Å². The quantitative estimate of drug-likeness (QED) is 0.823. The van der Waals surface area contributed by atoms with Crippen molar-refractivity contribution >= 4 is 37.1 Å². The van der Waals surface area contributed by atoms with Crippen molar-refractivity contribution in [2.24, 2.45) is 0 Å². The van der Waals surface area contributed by atoms with Gasteiger partial charge >= 0.3 is 0 Å². The van der Waals surface area contributed by atoms with Crippen LogP contribution in [0.25, 0.3) is 0 Å². The summed E-state index contributed by atoms with van der Waals surface area (Å²) in [7, 11) is -3.12. The van der Waals surface area contributed by atoms with Crippen molar-refractivity contribution in [1.82, 2.24) is 0 Å². The van der Waals surface area contributed by atoms with Crippen molar-refractivity contribution in [2.75, 3.05) is 5.75 Å². The molecule has 2 nitrogen and oxygen atoms in total. The van der Waals surface area contributed by atoms with E-state index in [0.29, 0.717) is 10.6 Å². The Morgan fingerprint density at radius 2 is 1.78 bits per heavy atom. The Labute approximate surface area is 120 Å². The number of hydrogen-bond acceptors (Lipinski definition) is 3. The molecule has 0 saturated heterocycles. The van der Waals surface area contributed by atoms with Crippen LogP contribution in [0.2, 0.25) is 0 Å². The summed E-state index contributed by atoms with van der Waals surface area (Å²) in [6, 6.07) is 13.4. The molecule has 0 bridgehead atoms. The highest BCUT2D eigenvalue weighted by Gasteiger charge is 2.16. The molecule has 0 fully saturated rings. The zero-order chi connectivity index (χ0) is 13.0. The number of benzene rings is 1. The van der Waals surface area contributed by atoms with E-state index in [9.17, 15) is 8.42 Å². The minimum atomic E-state index is -3.12. The van der Waals surface area contributed by atoms with E-state index in [2.05, 4.69) is 15.9 Å². The molecule has 0 amide bonds. The summed E-state index contributed by atoms with van der Waals surface area (Å²) in [6.07, 6.45) is 1.45. The Kier molecular flexibility index (Phi) is 4.59. The van der Waals surface area contributed by atoms with Gasteiger partial charge in [0.15, 0.2) is 9.84 Å². The average molecular weight is 345 g/mol. The number of thiophene rings is 1. The molecule has 0 aliphatic rings. The standard InChI is InChI=1S/C13H13BrO2S2/c14-12-8-9-13(17-12)18(15,16)10-4-7-11-5-2-1-3-6-11/h1-3,5-6,8-9H,4,7,10H2. The molecule has 1 heterocycles. The van der Waals surface area contributed by atoms with E-state index in [0.717, 1.165) is 10.2 Å². The fraction of sp³-hybridized carbons (Fsp3) is 0.231. The second kappa shape index (κ2) is 5.99. The Morgan fingerprint density at radius 1 is 1.06 bits per heavy atom. The number of hydrogen-bond donors (Lipinski definition) is 0. The fourth-order valence-corrected chi connectivity index (χ4v) is 5.15. The van der Waals surface area contributed by atoms with Crippen LogP contribution < -0.4 is 0 Å². The fourth-order valence-electron chi connectivity index (χ4n) is 1.68. The number of rotatable bonds is 5. The zero-order valence-corrected chi connectivity index (χ0v) is 12.9. The molecule has 0 spiro atoms. The van der Waals surface area contributed by atoms with E-state index in [-0.39, 0.29) is 5.75 Å². The van der Waals surface area contributed by atoms with E-state index in [1.165, 1.54) is 16.9 Å². The minimum absolute atomic E-state index is 0.203. The molecule has 2 aromatic rings. The lowest BCUT2D eigenvalue weighted by Crippen LogP contribution is -2.06. The van der Waals surface area contributed by atoms with Crippen LogP contribution in [0.1, 0.15) is 12.0 Å². The number of aryl methyl sites for hydroxylation is 1. The van der Waals surface area contributed by atoms with Crippen LogP contribution in [0.4, 0.5) is 0 Å². The van der Waals surface area contributed by atoms with Gasteiger partial charge in [-0.2, -0.15) is 0 Å². The maximum atomic E-state index is 12.0. The SMILES string of the molecule is O=S(=O)(CCCc1ccccc1)c1ccc(Br)s1. The predicted molar refractivity (Wildman–Crippen MR) is 78.8 cm³/mol. The summed E-state index contributed by atoms with van der Waals surface area (Å²) in [6.45, 7) is 0. The molecule has 0 aliphatic carbocycles. The first kappa shape index (κ1) is 13.8. The monoisotopic (exact) mass is 344 g/mol. The maximum Gasteiger partial charge on any atom is 0.187 e.